The smallest absolute Gasteiger partial charge is 0.151 e. The molecule has 36 heavy (non-hydrogen) atoms. The Kier molecular flexibility index (Phi) is 6.52. The number of hydrogen-bond acceptors (Lipinski definition) is 6. The van der Waals surface area contributed by atoms with Gasteiger partial charge in [0.2, 0.25) is 0 Å². The molecule has 2 saturated heterocycles. The molecule has 0 atom stereocenters. The van der Waals surface area contributed by atoms with Gasteiger partial charge in [-0.3, -0.25) is 9.47 Å². The highest BCUT2D eigenvalue weighted by Crippen LogP contribution is 2.39. The molecule has 0 radical (unpaired) electrons. The maximum Gasteiger partial charge on any atom is 0.151 e. The third kappa shape index (κ3) is 4.66. The summed E-state index contributed by atoms with van der Waals surface area (Å²) in [5.41, 5.74) is 3.55. The summed E-state index contributed by atoms with van der Waals surface area (Å²) in [6.45, 7) is 6.76. The Hall–Kier alpha value is -2.78. The van der Waals surface area contributed by atoms with Crippen LogP contribution in [0.15, 0.2) is 48.7 Å². The van der Waals surface area contributed by atoms with E-state index in [0.717, 1.165) is 72.5 Å². The van der Waals surface area contributed by atoms with Crippen molar-refractivity contribution < 1.29 is 19.0 Å². The predicted molar refractivity (Wildman–Crippen MR) is 135 cm³/mol. The van der Waals surface area contributed by atoms with E-state index < -0.39 is 5.67 Å². The van der Waals surface area contributed by atoms with Crippen LogP contribution in [0.5, 0.6) is 5.75 Å². The van der Waals surface area contributed by atoms with Gasteiger partial charge in [0.1, 0.15) is 18.0 Å². The highest BCUT2D eigenvalue weighted by molar-refractivity contribution is 5.69. The van der Waals surface area contributed by atoms with Crippen molar-refractivity contribution in [1.29, 1.82) is 0 Å². The quantitative estimate of drug-likeness (QED) is 0.568. The molecule has 0 spiro atoms. The number of nitrogens with zero attached hydrogens (tertiary/aromatic N) is 4. The predicted octanol–water partition coefficient (Wildman–Crippen LogP) is 3.52. The molecule has 0 saturated carbocycles. The van der Waals surface area contributed by atoms with Crippen LogP contribution in [0, 0.1) is 0 Å². The largest absolute Gasteiger partial charge is 0.483 e. The average molecular weight is 493 g/mol. The van der Waals surface area contributed by atoms with E-state index in [2.05, 4.69) is 38.8 Å². The number of aliphatic hydroxyl groups excluding tert-OH is 1. The van der Waals surface area contributed by atoms with E-state index in [1.807, 2.05) is 24.3 Å². The SMILES string of the molecule is OCCN1CCC(F)(c2ccc(-c3ccc4c(c3)OCc3nc(CN5CCOCC5)cn3-4)cc2)CC1. The second kappa shape index (κ2) is 9.94. The normalized spacial score (nSPS) is 19.9. The van der Waals surface area contributed by atoms with Crippen LogP contribution in [0.25, 0.3) is 16.8 Å². The van der Waals surface area contributed by atoms with Crippen LogP contribution in [0.4, 0.5) is 4.39 Å². The van der Waals surface area contributed by atoms with Gasteiger partial charge in [0.25, 0.3) is 0 Å². The maximum absolute atomic E-state index is 15.6. The van der Waals surface area contributed by atoms with E-state index in [4.69, 9.17) is 19.6 Å². The van der Waals surface area contributed by atoms with Crippen molar-refractivity contribution in [2.45, 2.75) is 31.7 Å². The molecule has 1 N–H and O–H groups in total. The zero-order valence-corrected chi connectivity index (χ0v) is 20.5. The molecule has 3 aliphatic rings. The first kappa shape index (κ1) is 23.6. The van der Waals surface area contributed by atoms with Gasteiger partial charge in [-0.1, -0.05) is 30.3 Å². The molecule has 3 aliphatic heterocycles. The van der Waals surface area contributed by atoms with Gasteiger partial charge in [-0.25, -0.2) is 9.37 Å². The van der Waals surface area contributed by atoms with Crippen molar-refractivity contribution in [3.63, 3.8) is 0 Å². The number of likely N-dealkylation sites (tertiary alicyclic amines) is 1. The van der Waals surface area contributed by atoms with Gasteiger partial charge in [0, 0.05) is 45.5 Å². The van der Waals surface area contributed by atoms with Crippen LogP contribution in [0.3, 0.4) is 0 Å². The summed E-state index contributed by atoms with van der Waals surface area (Å²) in [4.78, 5) is 9.29. The lowest BCUT2D eigenvalue weighted by molar-refractivity contribution is 0.0337. The first-order valence-electron chi connectivity index (χ1n) is 12.9. The van der Waals surface area contributed by atoms with E-state index in [1.165, 1.54) is 0 Å². The van der Waals surface area contributed by atoms with E-state index in [-0.39, 0.29) is 6.61 Å². The summed E-state index contributed by atoms with van der Waals surface area (Å²) < 4.78 is 29.3. The molecule has 3 aromatic rings. The minimum absolute atomic E-state index is 0.121. The Morgan fingerprint density at radius 1 is 0.944 bits per heavy atom. The Morgan fingerprint density at radius 3 is 2.44 bits per heavy atom. The molecule has 1 aromatic heterocycles. The van der Waals surface area contributed by atoms with Gasteiger partial charge in [-0.2, -0.15) is 0 Å². The zero-order chi connectivity index (χ0) is 24.5. The number of aliphatic hydroxyl groups is 1. The number of fused-ring (bicyclic) bond motifs is 3. The fraction of sp³-hybridized carbons (Fsp3) is 0.464. The second-order valence-electron chi connectivity index (χ2n) is 9.99. The number of aromatic nitrogens is 2. The van der Waals surface area contributed by atoms with E-state index in [1.54, 1.807) is 0 Å². The van der Waals surface area contributed by atoms with Crippen molar-refractivity contribution in [3.05, 3.63) is 65.7 Å². The summed E-state index contributed by atoms with van der Waals surface area (Å²) >= 11 is 0. The fourth-order valence-corrected chi connectivity index (χ4v) is 5.52. The van der Waals surface area contributed by atoms with Crippen LogP contribution in [-0.2, 0) is 23.6 Å². The summed E-state index contributed by atoms with van der Waals surface area (Å²) in [7, 11) is 0. The number of β-amino-alcohol motifs (C(OH)–C–C–N with tert-alkyl or cyclic N) is 1. The molecule has 2 fully saturated rings. The van der Waals surface area contributed by atoms with Crippen LogP contribution < -0.4 is 4.74 Å². The van der Waals surface area contributed by atoms with E-state index in [9.17, 15) is 0 Å². The molecule has 0 bridgehead atoms. The van der Waals surface area contributed by atoms with Crippen molar-refractivity contribution >= 4 is 0 Å². The lowest BCUT2D eigenvalue weighted by Gasteiger charge is -2.36. The van der Waals surface area contributed by atoms with Gasteiger partial charge < -0.3 is 19.5 Å². The average Bonchev–Trinajstić information content (AvgIpc) is 3.33. The molecular weight excluding hydrogens is 459 g/mol. The second-order valence-corrected chi connectivity index (χ2v) is 9.99. The van der Waals surface area contributed by atoms with Crippen molar-refractivity contribution in [3.8, 4) is 22.6 Å². The highest BCUT2D eigenvalue weighted by atomic mass is 19.1. The van der Waals surface area contributed by atoms with Crippen molar-refractivity contribution in [2.24, 2.45) is 0 Å². The zero-order valence-electron chi connectivity index (χ0n) is 20.5. The third-order valence-corrected chi connectivity index (χ3v) is 7.69. The molecule has 190 valence electrons. The fourth-order valence-electron chi connectivity index (χ4n) is 5.52. The van der Waals surface area contributed by atoms with Crippen LogP contribution in [0.2, 0.25) is 0 Å². The molecule has 2 aromatic carbocycles. The van der Waals surface area contributed by atoms with Gasteiger partial charge in [-0.05, 0) is 41.7 Å². The first-order chi connectivity index (χ1) is 17.6. The number of imidazole rings is 1. The first-order valence-corrected chi connectivity index (χ1v) is 12.9. The number of piperidine rings is 1. The number of hydrogen-bond donors (Lipinski definition) is 1. The Morgan fingerprint density at radius 2 is 1.69 bits per heavy atom. The van der Waals surface area contributed by atoms with Gasteiger partial charge in [0.05, 0.1) is 31.2 Å². The number of rotatable bonds is 6. The van der Waals surface area contributed by atoms with Crippen LogP contribution in [0.1, 0.15) is 29.9 Å². The molecule has 0 aliphatic carbocycles. The maximum atomic E-state index is 15.6. The van der Waals surface area contributed by atoms with Crippen LogP contribution >= 0.6 is 0 Å². The number of morpholine rings is 1. The van der Waals surface area contributed by atoms with Gasteiger partial charge in [0.15, 0.2) is 5.82 Å². The standard InChI is InChI=1S/C28H33FN4O3/c29-28(7-9-31(10-8-28)11-14-34)23-4-1-21(2-5-23)22-3-6-25-26(17-22)36-20-27-30-24(19-33(25)27)18-32-12-15-35-16-13-32/h1-6,17,19,34H,7-16,18,20H2. The summed E-state index contributed by atoms with van der Waals surface area (Å²) in [5.74, 6) is 1.75. The molecule has 8 heteroatoms. The molecule has 0 amide bonds. The van der Waals surface area contributed by atoms with E-state index in [0.29, 0.717) is 39.1 Å². The molecular formula is C28H33FN4O3. The number of halogens is 1. The van der Waals surface area contributed by atoms with Crippen molar-refractivity contribution in [1.82, 2.24) is 19.4 Å². The topological polar surface area (TPSA) is 63.0 Å². The van der Waals surface area contributed by atoms with Crippen LogP contribution in [-0.4, -0.2) is 77.0 Å². The molecule has 6 rings (SSSR count). The highest BCUT2D eigenvalue weighted by Gasteiger charge is 2.36. The lowest BCUT2D eigenvalue weighted by Crippen LogP contribution is -2.41. The molecule has 7 nitrogen and oxygen atoms in total. The van der Waals surface area contributed by atoms with Gasteiger partial charge in [-0.15, -0.1) is 0 Å². The Bertz CT molecular complexity index is 1200. The molecule has 4 heterocycles. The lowest BCUT2D eigenvalue weighted by atomic mass is 9.85. The third-order valence-electron chi connectivity index (χ3n) is 7.69. The summed E-state index contributed by atoms with van der Waals surface area (Å²) in [6, 6.07) is 14.1. The number of ether oxygens (including phenoxy) is 2. The minimum atomic E-state index is -1.31. The monoisotopic (exact) mass is 492 g/mol. The van der Waals surface area contributed by atoms with Crippen molar-refractivity contribution in [2.75, 3.05) is 52.5 Å². The van der Waals surface area contributed by atoms with Gasteiger partial charge >= 0.3 is 0 Å². The Balaban J connectivity index is 1.18. The Labute approximate surface area is 211 Å². The minimum Gasteiger partial charge on any atom is -0.483 e. The number of alkyl halides is 1. The number of benzene rings is 2. The van der Waals surface area contributed by atoms with E-state index >= 15 is 4.39 Å². The summed E-state index contributed by atoms with van der Waals surface area (Å²) in [6.07, 6.45) is 3.03. The summed E-state index contributed by atoms with van der Waals surface area (Å²) in [5, 5.41) is 9.13. The molecule has 0 unspecified atom stereocenters.